The molecule has 0 radical (unpaired) electrons. The first-order chi connectivity index (χ1) is 25.2. The van der Waals surface area contributed by atoms with Gasteiger partial charge in [0.15, 0.2) is 17.5 Å². The highest BCUT2D eigenvalue weighted by molar-refractivity contribution is 7.25. The van der Waals surface area contributed by atoms with Gasteiger partial charge in [-0.3, -0.25) is 0 Å². The van der Waals surface area contributed by atoms with Crippen LogP contribution in [0.15, 0.2) is 176 Å². The summed E-state index contributed by atoms with van der Waals surface area (Å²) in [5.41, 5.74) is 7.69. The zero-order chi connectivity index (χ0) is 33.7. The van der Waals surface area contributed by atoms with Gasteiger partial charge in [-0.15, -0.1) is 11.3 Å². The van der Waals surface area contributed by atoms with Crippen molar-refractivity contribution in [1.82, 2.24) is 15.0 Å². The minimum Gasteiger partial charge on any atom is -0.208 e. The van der Waals surface area contributed by atoms with E-state index in [2.05, 4.69) is 158 Å². The highest BCUT2D eigenvalue weighted by Gasteiger charge is 2.15. The molecule has 51 heavy (non-hydrogen) atoms. The van der Waals surface area contributed by atoms with Gasteiger partial charge in [0.25, 0.3) is 0 Å². The molecular formula is C47H29N3S. The number of thiophene rings is 1. The van der Waals surface area contributed by atoms with E-state index >= 15 is 0 Å². The monoisotopic (exact) mass is 667 g/mol. The van der Waals surface area contributed by atoms with Gasteiger partial charge < -0.3 is 0 Å². The van der Waals surface area contributed by atoms with Crippen molar-refractivity contribution in [2.24, 2.45) is 0 Å². The second-order valence-electron chi connectivity index (χ2n) is 12.9. The molecule has 238 valence electrons. The fourth-order valence-electron chi connectivity index (χ4n) is 7.03. The number of rotatable bonds is 5. The Balaban J connectivity index is 1.03. The van der Waals surface area contributed by atoms with Crippen molar-refractivity contribution in [1.29, 1.82) is 0 Å². The Bertz CT molecular complexity index is 2930. The Labute approximate surface area is 299 Å². The van der Waals surface area contributed by atoms with Crippen molar-refractivity contribution in [2.45, 2.75) is 0 Å². The van der Waals surface area contributed by atoms with E-state index in [-0.39, 0.29) is 0 Å². The molecule has 0 atom stereocenters. The van der Waals surface area contributed by atoms with E-state index < -0.39 is 0 Å². The molecule has 3 nitrogen and oxygen atoms in total. The van der Waals surface area contributed by atoms with Crippen LogP contribution in [0.2, 0.25) is 0 Å². The average Bonchev–Trinajstić information content (AvgIpc) is 3.58. The summed E-state index contributed by atoms with van der Waals surface area (Å²) < 4.78 is 2.54. The van der Waals surface area contributed by atoms with Crippen molar-refractivity contribution in [3.8, 4) is 56.4 Å². The maximum absolute atomic E-state index is 5.08. The van der Waals surface area contributed by atoms with Gasteiger partial charge in [-0.1, -0.05) is 127 Å². The summed E-state index contributed by atoms with van der Waals surface area (Å²) in [5, 5.41) is 7.28. The van der Waals surface area contributed by atoms with Gasteiger partial charge in [0.1, 0.15) is 0 Å². The molecule has 0 aliphatic carbocycles. The maximum atomic E-state index is 5.08. The van der Waals surface area contributed by atoms with Gasteiger partial charge in [-0.25, -0.2) is 15.0 Å². The fraction of sp³-hybridized carbons (Fsp3) is 0. The number of nitrogens with zero attached hydrogens (tertiary/aromatic N) is 3. The molecule has 4 heteroatoms. The van der Waals surface area contributed by atoms with Crippen LogP contribution in [0.3, 0.4) is 0 Å². The molecule has 2 aromatic heterocycles. The van der Waals surface area contributed by atoms with Crippen LogP contribution in [0.4, 0.5) is 0 Å². The second kappa shape index (κ2) is 12.1. The average molecular weight is 668 g/mol. The first-order valence-electron chi connectivity index (χ1n) is 17.1. The molecule has 0 saturated carbocycles. The van der Waals surface area contributed by atoms with Gasteiger partial charge in [0.2, 0.25) is 0 Å². The van der Waals surface area contributed by atoms with Crippen LogP contribution in [0.25, 0.3) is 98.1 Å². The summed E-state index contributed by atoms with van der Waals surface area (Å²) in [4.78, 5) is 15.1. The van der Waals surface area contributed by atoms with Gasteiger partial charge in [0, 0.05) is 36.9 Å². The molecule has 0 fully saturated rings. The predicted octanol–water partition coefficient (Wildman–Crippen LogP) is 12.9. The normalized spacial score (nSPS) is 11.5. The van der Waals surface area contributed by atoms with Crippen molar-refractivity contribution in [2.75, 3.05) is 0 Å². The molecule has 0 amide bonds. The molecule has 0 aliphatic heterocycles. The molecule has 0 spiro atoms. The second-order valence-corrected chi connectivity index (χ2v) is 14.0. The van der Waals surface area contributed by atoms with Crippen molar-refractivity contribution < 1.29 is 0 Å². The van der Waals surface area contributed by atoms with E-state index in [4.69, 9.17) is 15.0 Å². The van der Waals surface area contributed by atoms with Crippen molar-refractivity contribution in [3.05, 3.63) is 176 Å². The number of benzene rings is 8. The highest BCUT2D eigenvalue weighted by Crippen LogP contribution is 2.37. The Kier molecular flexibility index (Phi) is 7.00. The Morgan fingerprint density at radius 2 is 0.745 bits per heavy atom. The molecule has 2 heterocycles. The first kappa shape index (κ1) is 29.4. The van der Waals surface area contributed by atoms with Crippen LogP contribution in [-0.4, -0.2) is 15.0 Å². The van der Waals surface area contributed by atoms with Crippen LogP contribution >= 0.6 is 11.3 Å². The maximum Gasteiger partial charge on any atom is 0.164 e. The van der Waals surface area contributed by atoms with Crippen LogP contribution < -0.4 is 0 Å². The highest BCUT2D eigenvalue weighted by atomic mass is 32.1. The van der Waals surface area contributed by atoms with Crippen molar-refractivity contribution >= 4 is 53.1 Å². The molecule has 0 saturated heterocycles. The Hall–Kier alpha value is -6.49. The molecule has 10 aromatic rings. The van der Waals surface area contributed by atoms with Crippen LogP contribution in [0.1, 0.15) is 0 Å². The summed E-state index contributed by atoms with van der Waals surface area (Å²) in [7, 11) is 0. The summed E-state index contributed by atoms with van der Waals surface area (Å²) in [6.07, 6.45) is 0. The number of hydrogen-bond acceptors (Lipinski definition) is 4. The van der Waals surface area contributed by atoms with Crippen molar-refractivity contribution in [3.63, 3.8) is 0 Å². The van der Waals surface area contributed by atoms with Gasteiger partial charge in [-0.05, 0) is 92.3 Å². The largest absolute Gasteiger partial charge is 0.208 e. The molecule has 0 unspecified atom stereocenters. The molecule has 0 N–H and O–H groups in total. The van der Waals surface area contributed by atoms with E-state index in [9.17, 15) is 0 Å². The number of aromatic nitrogens is 3. The summed E-state index contributed by atoms with van der Waals surface area (Å²) in [6.45, 7) is 0. The molecule has 0 aliphatic rings. The predicted molar refractivity (Wildman–Crippen MR) is 215 cm³/mol. The lowest BCUT2D eigenvalue weighted by Crippen LogP contribution is -2.00. The lowest BCUT2D eigenvalue weighted by atomic mass is 9.95. The lowest BCUT2D eigenvalue weighted by molar-refractivity contribution is 1.08. The topological polar surface area (TPSA) is 38.7 Å². The zero-order valence-corrected chi connectivity index (χ0v) is 28.3. The molecule has 8 aromatic carbocycles. The standard InChI is InChI=1S/C47H29N3S/c1-2-10-31(11-3-1)45-48-46(50-47(49-45)40-23-24-44-42(29-40)41-15-6-7-16-43(41)51-44)39-22-21-37-27-36(19-20-38(37)28-39)34-14-8-13-33(26-34)35-18-17-30-9-4-5-12-32(30)25-35/h1-29H. The minimum absolute atomic E-state index is 0.656. The minimum atomic E-state index is 0.656. The van der Waals surface area contributed by atoms with Crippen LogP contribution in [0.5, 0.6) is 0 Å². The third-order valence-corrected chi connectivity index (χ3v) is 10.8. The van der Waals surface area contributed by atoms with Gasteiger partial charge >= 0.3 is 0 Å². The van der Waals surface area contributed by atoms with Gasteiger partial charge in [-0.2, -0.15) is 0 Å². The van der Waals surface area contributed by atoms with Crippen LogP contribution in [0, 0.1) is 0 Å². The smallest absolute Gasteiger partial charge is 0.164 e. The summed E-state index contributed by atoms with van der Waals surface area (Å²) in [5.74, 6) is 1.98. The summed E-state index contributed by atoms with van der Waals surface area (Å²) in [6, 6.07) is 62.4. The van der Waals surface area contributed by atoms with E-state index in [0.717, 1.165) is 22.1 Å². The third kappa shape index (κ3) is 5.43. The fourth-order valence-corrected chi connectivity index (χ4v) is 8.11. The molecular weight excluding hydrogens is 639 g/mol. The Morgan fingerprint density at radius 3 is 1.49 bits per heavy atom. The summed E-state index contributed by atoms with van der Waals surface area (Å²) >= 11 is 1.81. The van der Waals surface area contributed by atoms with E-state index in [0.29, 0.717) is 17.5 Å². The van der Waals surface area contributed by atoms with E-state index in [1.807, 2.05) is 29.5 Å². The first-order valence-corrected chi connectivity index (χ1v) is 17.9. The van der Waals surface area contributed by atoms with E-state index in [1.54, 1.807) is 0 Å². The van der Waals surface area contributed by atoms with Gasteiger partial charge in [0.05, 0.1) is 0 Å². The number of hydrogen-bond donors (Lipinski definition) is 0. The third-order valence-electron chi connectivity index (χ3n) is 9.68. The molecule has 0 bridgehead atoms. The SMILES string of the molecule is c1ccc(-c2nc(-c3ccc4cc(-c5cccc(-c6ccc7ccccc7c6)c5)ccc4c3)nc(-c3ccc4sc5ccccc5c4c3)n2)cc1. The van der Waals surface area contributed by atoms with E-state index in [1.165, 1.54) is 58.6 Å². The quantitative estimate of drug-likeness (QED) is 0.183. The lowest BCUT2D eigenvalue weighted by Gasteiger charge is -2.11. The number of fused-ring (bicyclic) bond motifs is 5. The Morgan fingerprint density at radius 1 is 0.275 bits per heavy atom. The van der Waals surface area contributed by atoms with Crippen LogP contribution in [-0.2, 0) is 0 Å². The molecule has 10 rings (SSSR count). The zero-order valence-electron chi connectivity index (χ0n) is 27.5.